The molecule has 1 aromatic heterocycles. The minimum absolute atomic E-state index is 0.0565. The summed E-state index contributed by atoms with van der Waals surface area (Å²) in [7, 11) is -3.46. The second kappa shape index (κ2) is 9.04. The molecule has 2 aromatic rings. The van der Waals surface area contributed by atoms with Gasteiger partial charge in [0.25, 0.3) is 0 Å². The molecule has 1 atom stereocenters. The van der Waals surface area contributed by atoms with Crippen molar-refractivity contribution in [2.24, 2.45) is 5.92 Å². The summed E-state index contributed by atoms with van der Waals surface area (Å²) in [6.45, 7) is 11.3. The van der Waals surface area contributed by atoms with E-state index in [0.717, 1.165) is 17.5 Å². The van der Waals surface area contributed by atoms with Crippen molar-refractivity contribution in [2.75, 3.05) is 25.9 Å². The molecule has 0 aliphatic carbocycles. The van der Waals surface area contributed by atoms with Gasteiger partial charge in [0.15, 0.2) is 0 Å². The van der Waals surface area contributed by atoms with Crippen molar-refractivity contribution in [1.29, 1.82) is 0 Å². The maximum atomic E-state index is 13.4. The fraction of sp³-hybridized carbons (Fsp3) is 0.542. The Morgan fingerprint density at radius 3 is 2.39 bits per heavy atom. The summed E-state index contributed by atoms with van der Waals surface area (Å²) in [5.41, 5.74) is 3.52. The van der Waals surface area contributed by atoms with Gasteiger partial charge in [-0.05, 0) is 45.9 Å². The number of benzene rings is 1. The molecular weight excluding hydrogens is 428 g/mol. The van der Waals surface area contributed by atoms with Crippen molar-refractivity contribution in [3.05, 3.63) is 57.3 Å². The monoisotopic (exact) mass is 462 g/mol. The first-order chi connectivity index (χ1) is 14.4. The van der Waals surface area contributed by atoms with Crippen LogP contribution in [0.3, 0.4) is 0 Å². The molecule has 2 heterocycles. The predicted octanol–water partition coefficient (Wildman–Crippen LogP) is 4.44. The van der Waals surface area contributed by atoms with E-state index < -0.39 is 10.0 Å². The maximum absolute atomic E-state index is 13.4. The number of thiophene rings is 1. The largest absolute Gasteiger partial charge is 0.330 e. The summed E-state index contributed by atoms with van der Waals surface area (Å²) in [5, 5.41) is 2.08. The summed E-state index contributed by atoms with van der Waals surface area (Å²) < 4.78 is 25.9. The van der Waals surface area contributed by atoms with Gasteiger partial charge in [-0.1, -0.05) is 58.9 Å². The highest BCUT2D eigenvalue weighted by Crippen LogP contribution is 2.38. The van der Waals surface area contributed by atoms with E-state index in [9.17, 15) is 13.2 Å². The number of hydrogen-bond donors (Lipinski definition) is 0. The average Bonchev–Trinajstić information content (AvgIpc) is 3.13. The number of fused-ring (bicyclic) bond motifs is 1. The maximum Gasteiger partial charge on any atom is 0.238 e. The lowest BCUT2D eigenvalue weighted by Crippen LogP contribution is -2.47. The highest BCUT2D eigenvalue weighted by molar-refractivity contribution is 7.88. The van der Waals surface area contributed by atoms with Crippen molar-refractivity contribution >= 4 is 27.3 Å². The molecular formula is C24H34N2O3S2. The molecule has 0 radical (unpaired) electrons. The quantitative estimate of drug-likeness (QED) is 0.638. The van der Waals surface area contributed by atoms with E-state index >= 15 is 0 Å². The highest BCUT2D eigenvalue weighted by atomic mass is 32.2. The molecule has 1 aliphatic rings. The molecule has 31 heavy (non-hydrogen) atoms. The Balaban J connectivity index is 1.94. The summed E-state index contributed by atoms with van der Waals surface area (Å²) in [6.07, 6.45) is 1.98. The van der Waals surface area contributed by atoms with E-state index in [1.165, 1.54) is 21.0 Å². The van der Waals surface area contributed by atoms with Gasteiger partial charge in [-0.15, -0.1) is 11.3 Å². The zero-order valence-corrected chi connectivity index (χ0v) is 21.0. The third-order valence-corrected chi connectivity index (χ3v) is 7.94. The Morgan fingerprint density at radius 1 is 1.19 bits per heavy atom. The summed E-state index contributed by atoms with van der Waals surface area (Å²) in [6, 6.07) is 10.4. The molecule has 5 nitrogen and oxygen atoms in total. The van der Waals surface area contributed by atoms with Gasteiger partial charge in [0.2, 0.25) is 15.9 Å². The van der Waals surface area contributed by atoms with Gasteiger partial charge in [0, 0.05) is 18.0 Å². The van der Waals surface area contributed by atoms with Crippen LogP contribution >= 0.6 is 11.3 Å². The van der Waals surface area contributed by atoms with Crippen molar-refractivity contribution < 1.29 is 13.2 Å². The second-order valence-electron chi connectivity index (χ2n) is 9.86. The molecule has 7 heteroatoms. The fourth-order valence-electron chi connectivity index (χ4n) is 4.08. The van der Waals surface area contributed by atoms with E-state index in [-0.39, 0.29) is 29.8 Å². The second-order valence-corrected chi connectivity index (χ2v) is 12.8. The van der Waals surface area contributed by atoms with Crippen molar-refractivity contribution in [1.82, 2.24) is 9.21 Å². The molecule has 3 rings (SSSR count). The minimum Gasteiger partial charge on any atom is -0.330 e. The van der Waals surface area contributed by atoms with Crippen molar-refractivity contribution in [2.45, 2.75) is 52.5 Å². The number of hydrogen-bond acceptors (Lipinski definition) is 4. The minimum atomic E-state index is -3.46. The van der Waals surface area contributed by atoms with E-state index in [2.05, 4.69) is 56.5 Å². The summed E-state index contributed by atoms with van der Waals surface area (Å²) in [5.74, 6) is 0.000851. The van der Waals surface area contributed by atoms with Crippen LogP contribution in [0, 0.1) is 5.92 Å². The summed E-state index contributed by atoms with van der Waals surface area (Å²) >= 11 is 1.73. The van der Waals surface area contributed by atoms with Gasteiger partial charge < -0.3 is 4.90 Å². The molecule has 1 amide bonds. The third-order valence-electron chi connectivity index (χ3n) is 5.73. The molecule has 1 aliphatic heterocycles. The van der Waals surface area contributed by atoms with Gasteiger partial charge in [-0.3, -0.25) is 4.79 Å². The number of nitrogens with zero attached hydrogens (tertiary/aromatic N) is 2. The highest BCUT2D eigenvalue weighted by Gasteiger charge is 2.34. The van der Waals surface area contributed by atoms with E-state index in [1.807, 2.05) is 18.7 Å². The SMILES string of the molecule is CC(C)CN(CC(=O)N1CCc2sccc2C1c1ccc(C(C)(C)C)cc1)S(C)(=O)=O. The first kappa shape index (κ1) is 24.0. The number of carbonyl (C=O) groups is 1. The van der Waals surface area contributed by atoms with Gasteiger partial charge in [-0.2, -0.15) is 4.31 Å². The van der Waals surface area contributed by atoms with Crippen LogP contribution in [-0.4, -0.2) is 49.4 Å². The van der Waals surface area contributed by atoms with Crippen molar-refractivity contribution in [3.63, 3.8) is 0 Å². The molecule has 1 aromatic carbocycles. The van der Waals surface area contributed by atoms with Gasteiger partial charge >= 0.3 is 0 Å². The Kier molecular flexibility index (Phi) is 6.99. The molecule has 0 spiro atoms. The van der Waals surface area contributed by atoms with Crippen LogP contribution in [0.4, 0.5) is 0 Å². The zero-order chi connectivity index (χ0) is 23.0. The Labute approximate surface area is 191 Å². The lowest BCUT2D eigenvalue weighted by Gasteiger charge is -2.37. The molecule has 0 bridgehead atoms. The van der Waals surface area contributed by atoms with Gasteiger partial charge in [-0.25, -0.2) is 8.42 Å². The molecule has 0 N–H and O–H groups in total. The van der Waals surface area contributed by atoms with Crippen LogP contribution in [0.5, 0.6) is 0 Å². The third kappa shape index (κ3) is 5.57. The van der Waals surface area contributed by atoms with Crippen LogP contribution in [0.2, 0.25) is 0 Å². The molecule has 170 valence electrons. The molecule has 0 saturated carbocycles. The molecule has 0 fully saturated rings. The molecule has 0 saturated heterocycles. The Bertz CT molecular complexity index is 1020. The normalized spacial score (nSPS) is 17.3. The van der Waals surface area contributed by atoms with Crippen LogP contribution < -0.4 is 0 Å². The first-order valence-electron chi connectivity index (χ1n) is 10.8. The summed E-state index contributed by atoms with van der Waals surface area (Å²) in [4.78, 5) is 16.6. The Morgan fingerprint density at radius 2 is 1.84 bits per heavy atom. The predicted molar refractivity (Wildman–Crippen MR) is 128 cm³/mol. The van der Waals surface area contributed by atoms with Crippen LogP contribution in [0.15, 0.2) is 35.7 Å². The molecule has 1 unspecified atom stereocenters. The number of rotatable bonds is 6. The number of amides is 1. The van der Waals surface area contributed by atoms with Gasteiger partial charge in [0.1, 0.15) is 0 Å². The van der Waals surface area contributed by atoms with E-state index in [4.69, 9.17) is 0 Å². The van der Waals surface area contributed by atoms with Crippen LogP contribution in [-0.2, 0) is 26.7 Å². The fourth-order valence-corrected chi connectivity index (χ4v) is 5.89. The number of carbonyl (C=O) groups excluding carboxylic acids is 1. The zero-order valence-electron chi connectivity index (χ0n) is 19.4. The van der Waals surface area contributed by atoms with Crippen LogP contribution in [0.25, 0.3) is 0 Å². The topological polar surface area (TPSA) is 57.7 Å². The van der Waals surface area contributed by atoms with E-state index in [1.54, 1.807) is 11.3 Å². The Hall–Kier alpha value is -1.70. The lowest BCUT2D eigenvalue weighted by molar-refractivity contribution is -0.133. The standard InChI is InChI=1S/C24H34N2O3S2/c1-17(2)15-25(31(6,28)29)16-22(27)26-13-11-21-20(12-14-30-21)23(26)18-7-9-19(10-8-18)24(3,4)5/h7-10,12,14,17,23H,11,13,15-16H2,1-6H3. The lowest BCUT2D eigenvalue weighted by atomic mass is 9.85. The van der Waals surface area contributed by atoms with Crippen molar-refractivity contribution in [3.8, 4) is 0 Å². The first-order valence-corrected chi connectivity index (χ1v) is 13.5. The smallest absolute Gasteiger partial charge is 0.238 e. The van der Waals surface area contributed by atoms with Crippen LogP contribution in [0.1, 0.15) is 62.2 Å². The van der Waals surface area contributed by atoms with E-state index in [0.29, 0.717) is 13.1 Å². The van der Waals surface area contributed by atoms with Gasteiger partial charge in [0.05, 0.1) is 18.8 Å². The number of sulfonamides is 1. The average molecular weight is 463 g/mol.